The van der Waals surface area contributed by atoms with E-state index < -0.39 is 10.7 Å². The van der Waals surface area contributed by atoms with Gasteiger partial charge in [0, 0.05) is 5.56 Å². The summed E-state index contributed by atoms with van der Waals surface area (Å²) in [5, 5.41) is 11.0. The Labute approximate surface area is 103 Å². The third kappa shape index (κ3) is 2.06. The average Bonchev–Trinajstić information content (AvgIpc) is 2.38. The van der Waals surface area contributed by atoms with Crippen molar-refractivity contribution in [2.75, 3.05) is 5.73 Å². The molecule has 2 N–H and O–H groups in total. The number of nitrogens with two attached hydrogens (primary N) is 1. The maximum absolute atomic E-state index is 12.2. The molecule has 2 aromatic carbocycles. The van der Waals surface area contributed by atoms with Crippen LogP contribution in [0.15, 0.2) is 48.5 Å². The standard InChI is InChI=1S/C13H10N2O3/c14-11-8-4-7-10(12(11)15(17)18)13(16)9-5-2-1-3-6-9/h1-8H,14H2. The molecule has 2 rings (SSSR count). The molecule has 0 aromatic heterocycles. The van der Waals surface area contributed by atoms with E-state index in [1.807, 2.05) is 0 Å². The van der Waals surface area contributed by atoms with Gasteiger partial charge in [0.15, 0.2) is 5.78 Å². The first kappa shape index (κ1) is 11.8. The van der Waals surface area contributed by atoms with E-state index in [4.69, 9.17) is 5.73 Å². The molecule has 0 atom stereocenters. The van der Waals surface area contributed by atoms with Crippen LogP contribution in [-0.4, -0.2) is 10.7 Å². The fraction of sp³-hybridized carbons (Fsp3) is 0. The van der Waals surface area contributed by atoms with E-state index in [0.717, 1.165) is 0 Å². The van der Waals surface area contributed by atoms with Crippen molar-refractivity contribution in [3.05, 3.63) is 69.8 Å². The highest BCUT2D eigenvalue weighted by Crippen LogP contribution is 2.27. The first-order chi connectivity index (χ1) is 8.61. The van der Waals surface area contributed by atoms with Gasteiger partial charge in [-0.05, 0) is 12.1 Å². The molecule has 0 amide bonds. The third-order valence-electron chi connectivity index (χ3n) is 2.53. The van der Waals surface area contributed by atoms with Crippen LogP contribution < -0.4 is 5.73 Å². The minimum Gasteiger partial charge on any atom is -0.393 e. The van der Waals surface area contributed by atoms with Crippen molar-refractivity contribution < 1.29 is 9.72 Å². The van der Waals surface area contributed by atoms with Gasteiger partial charge in [-0.2, -0.15) is 0 Å². The molecule has 0 bridgehead atoms. The lowest BCUT2D eigenvalue weighted by Crippen LogP contribution is -2.07. The molecule has 0 aliphatic carbocycles. The van der Waals surface area contributed by atoms with Crippen molar-refractivity contribution in [3.8, 4) is 0 Å². The summed E-state index contributed by atoms with van der Waals surface area (Å²) in [5.74, 6) is -0.408. The minimum atomic E-state index is -0.633. The number of hydrogen-bond acceptors (Lipinski definition) is 4. The zero-order valence-corrected chi connectivity index (χ0v) is 9.37. The molecule has 2 aromatic rings. The monoisotopic (exact) mass is 242 g/mol. The van der Waals surface area contributed by atoms with Crippen LogP contribution in [-0.2, 0) is 0 Å². The van der Waals surface area contributed by atoms with Gasteiger partial charge < -0.3 is 5.73 Å². The molecule has 5 heteroatoms. The molecule has 0 aliphatic heterocycles. The second-order valence-electron chi connectivity index (χ2n) is 3.70. The van der Waals surface area contributed by atoms with Gasteiger partial charge in [0.05, 0.1) is 4.92 Å². The minimum absolute atomic E-state index is 0.00574. The van der Waals surface area contributed by atoms with Crippen LogP contribution in [0.2, 0.25) is 0 Å². The maximum Gasteiger partial charge on any atom is 0.303 e. The lowest BCUT2D eigenvalue weighted by Gasteiger charge is -2.04. The SMILES string of the molecule is Nc1cccc(C(=O)c2ccccc2)c1[N+](=O)[O-]. The number of anilines is 1. The Morgan fingerprint density at radius 1 is 1.06 bits per heavy atom. The Balaban J connectivity index is 2.56. The molecule has 0 spiro atoms. The van der Waals surface area contributed by atoms with Crippen LogP contribution in [0.25, 0.3) is 0 Å². The number of nitro benzene ring substituents is 1. The van der Waals surface area contributed by atoms with Gasteiger partial charge in [-0.1, -0.05) is 36.4 Å². The second kappa shape index (κ2) is 4.67. The predicted octanol–water partition coefficient (Wildman–Crippen LogP) is 2.41. The molecule has 18 heavy (non-hydrogen) atoms. The summed E-state index contributed by atoms with van der Waals surface area (Å²) in [7, 11) is 0. The van der Waals surface area contributed by atoms with Gasteiger partial charge in [-0.3, -0.25) is 14.9 Å². The molecule has 0 fully saturated rings. The topological polar surface area (TPSA) is 86.2 Å². The van der Waals surface area contributed by atoms with Crippen molar-refractivity contribution in [1.82, 2.24) is 0 Å². The van der Waals surface area contributed by atoms with Crippen LogP contribution >= 0.6 is 0 Å². The Bertz CT molecular complexity index is 609. The number of carbonyl (C=O) groups is 1. The van der Waals surface area contributed by atoms with E-state index in [-0.39, 0.29) is 16.9 Å². The van der Waals surface area contributed by atoms with E-state index in [1.165, 1.54) is 18.2 Å². The fourth-order valence-corrected chi connectivity index (χ4v) is 1.69. The number of nitrogens with zero attached hydrogens (tertiary/aromatic N) is 1. The summed E-state index contributed by atoms with van der Waals surface area (Å²) in [6, 6.07) is 12.7. The van der Waals surface area contributed by atoms with Crippen molar-refractivity contribution in [1.29, 1.82) is 0 Å². The number of nitro groups is 1. The van der Waals surface area contributed by atoms with Crippen LogP contribution in [0.1, 0.15) is 15.9 Å². The van der Waals surface area contributed by atoms with Crippen LogP contribution in [0, 0.1) is 10.1 Å². The molecular weight excluding hydrogens is 232 g/mol. The van der Waals surface area contributed by atoms with E-state index in [2.05, 4.69) is 0 Å². The predicted molar refractivity (Wildman–Crippen MR) is 67.4 cm³/mol. The van der Waals surface area contributed by atoms with Gasteiger partial charge in [-0.15, -0.1) is 0 Å². The normalized spacial score (nSPS) is 10.0. The summed E-state index contributed by atoms with van der Waals surface area (Å²) < 4.78 is 0. The quantitative estimate of drug-likeness (QED) is 0.387. The zero-order valence-electron chi connectivity index (χ0n) is 9.37. The first-order valence-electron chi connectivity index (χ1n) is 5.24. The van der Waals surface area contributed by atoms with E-state index in [1.54, 1.807) is 30.3 Å². The number of carbonyl (C=O) groups excluding carboxylic acids is 1. The van der Waals surface area contributed by atoms with Gasteiger partial charge >= 0.3 is 5.69 Å². The number of hydrogen-bond donors (Lipinski definition) is 1. The highest BCUT2D eigenvalue weighted by Gasteiger charge is 2.23. The van der Waals surface area contributed by atoms with Crippen LogP contribution in [0.4, 0.5) is 11.4 Å². The van der Waals surface area contributed by atoms with Gasteiger partial charge in [0.1, 0.15) is 11.3 Å². The number of rotatable bonds is 3. The molecule has 0 radical (unpaired) electrons. The Hall–Kier alpha value is -2.69. The van der Waals surface area contributed by atoms with E-state index in [0.29, 0.717) is 5.56 Å². The van der Waals surface area contributed by atoms with Crippen molar-refractivity contribution >= 4 is 17.2 Å². The number of ketones is 1. The van der Waals surface area contributed by atoms with Crippen molar-refractivity contribution in [2.45, 2.75) is 0 Å². The Morgan fingerprint density at radius 3 is 2.33 bits per heavy atom. The molecular formula is C13H10N2O3. The number of nitrogen functional groups attached to an aromatic ring is 1. The summed E-state index contributed by atoms with van der Waals surface area (Å²) >= 11 is 0. The van der Waals surface area contributed by atoms with Crippen LogP contribution in [0.3, 0.4) is 0 Å². The van der Waals surface area contributed by atoms with Crippen molar-refractivity contribution in [2.24, 2.45) is 0 Å². The molecule has 90 valence electrons. The molecule has 0 heterocycles. The van der Waals surface area contributed by atoms with E-state index in [9.17, 15) is 14.9 Å². The zero-order chi connectivity index (χ0) is 13.1. The van der Waals surface area contributed by atoms with Crippen LogP contribution in [0.5, 0.6) is 0 Å². The van der Waals surface area contributed by atoms with E-state index >= 15 is 0 Å². The summed E-state index contributed by atoms with van der Waals surface area (Å²) in [6.07, 6.45) is 0. The Kier molecular flexibility index (Phi) is 3.05. The Morgan fingerprint density at radius 2 is 1.72 bits per heavy atom. The fourth-order valence-electron chi connectivity index (χ4n) is 1.69. The average molecular weight is 242 g/mol. The molecule has 0 unspecified atom stereocenters. The number of benzene rings is 2. The smallest absolute Gasteiger partial charge is 0.303 e. The van der Waals surface area contributed by atoms with Gasteiger partial charge in [-0.25, -0.2) is 0 Å². The third-order valence-corrected chi connectivity index (χ3v) is 2.53. The maximum atomic E-state index is 12.2. The second-order valence-corrected chi connectivity index (χ2v) is 3.70. The first-order valence-corrected chi connectivity index (χ1v) is 5.24. The molecule has 0 saturated carbocycles. The van der Waals surface area contributed by atoms with Crippen molar-refractivity contribution in [3.63, 3.8) is 0 Å². The largest absolute Gasteiger partial charge is 0.393 e. The number of para-hydroxylation sites is 1. The lowest BCUT2D eigenvalue weighted by atomic mass is 10.0. The summed E-state index contributed by atoms with van der Waals surface area (Å²) in [4.78, 5) is 22.5. The lowest BCUT2D eigenvalue weighted by molar-refractivity contribution is -0.384. The van der Waals surface area contributed by atoms with Gasteiger partial charge in [0.25, 0.3) is 0 Å². The molecule has 5 nitrogen and oxygen atoms in total. The highest BCUT2D eigenvalue weighted by molar-refractivity contribution is 6.12. The molecule has 0 aliphatic rings. The summed E-state index contributed by atoms with van der Waals surface area (Å²) in [5.41, 5.74) is 5.59. The summed E-state index contributed by atoms with van der Waals surface area (Å²) in [6.45, 7) is 0. The highest BCUT2D eigenvalue weighted by atomic mass is 16.6. The van der Waals surface area contributed by atoms with Gasteiger partial charge in [0.2, 0.25) is 0 Å². The molecule has 0 saturated heterocycles.